The Morgan fingerprint density at radius 3 is 2.00 bits per heavy atom. The molecule has 0 aliphatic carbocycles. The van der Waals surface area contributed by atoms with Crippen LogP contribution in [0.5, 0.6) is 11.5 Å². The number of rotatable bonds is 12. The topological polar surface area (TPSA) is 283 Å². The Morgan fingerprint density at radius 1 is 0.881 bits per heavy atom. The molecule has 10 atom stereocenters. The number of benzene rings is 1. The largest absolute Gasteiger partial charge is 0.497 e. The standard InChI is InChI=1S/C21H31NO18S2/c1-9(24)22-14-15(25)19(40-42(31,32)33)13(8-35-41(28,29)30)38-20(14)39-18-12(7-23)37-21(17(27)16(18)26)36-11-5-3-10(34-2)4-6-11/h3-6,12-21,23,25-27H,7-8H2,1-2H3,(H,22,24)(H,28,29,30)(H,31,32,33)/t12-,13-,14-,15-,16-,17-,18-,19-,20+,21-/m1/s1. The van der Waals surface area contributed by atoms with Crippen LogP contribution in [-0.4, -0.2) is 134 Å². The van der Waals surface area contributed by atoms with Gasteiger partial charge in [0.15, 0.2) is 6.29 Å². The zero-order valence-corrected chi connectivity index (χ0v) is 23.5. The molecule has 19 nitrogen and oxygen atoms in total. The van der Waals surface area contributed by atoms with E-state index in [0.717, 1.165) is 6.92 Å². The maximum absolute atomic E-state index is 11.9. The second-order valence-electron chi connectivity index (χ2n) is 9.06. The van der Waals surface area contributed by atoms with Crippen molar-refractivity contribution >= 4 is 26.7 Å². The van der Waals surface area contributed by atoms with Crippen LogP contribution in [0.3, 0.4) is 0 Å². The summed E-state index contributed by atoms with van der Waals surface area (Å²) in [5, 5.41) is 44.6. The van der Waals surface area contributed by atoms with Crippen LogP contribution < -0.4 is 14.8 Å². The van der Waals surface area contributed by atoms with Crippen LogP contribution in [0.25, 0.3) is 0 Å². The molecule has 2 heterocycles. The van der Waals surface area contributed by atoms with Crippen molar-refractivity contribution in [3.05, 3.63) is 24.3 Å². The fourth-order valence-electron chi connectivity index (χ4n) is 4.23. The van der Waals surface area contributed by atoms with Gasteiger partial charge in [-0.25, -0.2) is 8.37 Å². The molecule has 0 radical (unpaired) electrons. The highest BCUT2D eigenvalue weighted by molar-refractivity contribution is 7.81. The Labute approximate surface area is 239 Å². The molecule has 0 unspecified atom stereocenters. The molecule has 1 amide bonds. The predicted molar refractivity (Wildman–Crippen MR) is 132 cm³/mol. The number of ether oxygens (including phenoxy) is 5. The fourth-order valence-corrected chi connectivity index (χ4v) is 5.06. The number of hydrogen-bond acceptors (Lipinski definition) is 16. The first-order valence-electron chi connectivity index (χ1n) is 12.0. The molecular weight excluding hydrogens is 618 g/mol. The maximum atomic E-state index is 11.9. The van der Waals surface area contributed by atoms with E-state index in [2.05, 4.69) is 13.7 Å². The summed E-state index contributed by atoms with van der Waals surface area (Å²) in [6.07, 6.45) is -16.4. The lowest BCUT2D eigenvalue weighted by atomic mass is 9.95. The van der Waals surface area contributed by atoms with Crippen molar-refractivity contribution in [2.45, 2.75) is 68.3 Å². The Kier molecular flexibility index (Phi) is 11.4. The lowest BCUT2D eigenvalue weighted by Crippen LogP contribution is -2.68. The van der Waals surface area contributed by atoms with Gasteiger partial charge in [0, 0.05) is 6.92 Å². The fraction of sp³-hybridized carbons (Fsp3) is 0.667. The molecule has 3 rings (SSSR count). The molecule has 42 heavy (non-hydrogen) atoms. The molecule has 0 saturated carbocycles. The first kappa shape index (κ1) is 34.2. The minimum Gasteiger partial charge on any atom is -0.497 e. The van der Waals surface area contributed by atoms with Crippen LogP contribution in [0.1, 0.15) is 6.92 Å². The number of aliphatic hydroxyl groups is 4. The average Bonchev–Trinajstić information content (AvgIpc) is 2.90. The molecule has 1 aromatic carbocycles. The highest BCUT2D eigenvalue weighted by Crippen LogP contribution is 2.32. The Bertz CT molecular complexity index is 1260. The number of carbonyl (C=O) groups excluding carboxylic acids is 1. The highest BCUT2D eigenvalue weighted by atomic mass is 32.3. The molecule has 0 bridgehead atoms. The minimum atomic E-state index is -5.31. The molecule has 2 aliphatic rings. The summed E-state index contributed by atoms with van der Waals surface area (Å²) < 4.78 is 99.0. The molecule has 0 spiro atoms. The number of nitrogens with one attached hydrogen (secondary N) is 1. The molecule has 2 fully saturated rings. The minimum absolute atomic E-state index is 0.194. The van der Waals surface area contributed by atoms with Crippen LogP contribution in [0.2, 0.25) is 0 Å². The van der Waals surface area contributed by atoms with Crippen molar-refractivity contribution < 1.29 is 83.2 Å². The van der Waals surface area contributed by atoms with Crippen molar-refractivity contribution in [1.82, 2.24) is 5.32 Å². The summed E-state index contributed by atoms with van der Waals surface area (Å²) in [5.74, 6) is -0.122. The third kappa shape index (κ3) is 9.12. The van der Waals surface area contributed by atoms with E-state index in [1.807, 2.05) is 0 Å². The van der Waals surface area contributed by atoms with Gasteiger partial charge in [0.25, 0.3) is 0 Å². The predicted octanol–water partition coefficient (Wildman–Crippen LogP) is -3.50. The smallest absolute Gasteiger partial charge is 0.397 e. The summed E-state index contributed by atoms with van der Waals surface area (Å²) in [6.45, 7) is -1.03. The SMILES string of the molecule is COc1ccc(O[C@@H]2O[C@H](CO)[C@@H](O[C@@H]3O[C@H](COS(=O)(=O)O)[C@@H](OS(=O)(=O)O)[C@H](O)[C@H]3NC(C)=O)[C@H](O)[C@H]2O)cc1. The molecule has 7 N–H and O–H groups in total. The van der Waals surface area contributed by atoms with E-state index in [-0.39, 0.29) is 5.75 Å². The number of amides is 1. The van der Waals surface area contributed by atoms with Gasteiger partial charge in [-0.2, -0.15) is 16.8 Å². The molecule has 2 saturated heterocycles. The zero-order chi connectivity index (χ0) is 31.4. The maximum Gasteiger partial charge on any atom is 0.397 e. The van der Waals surface area contributed by atoms with Gasteiger partial charge in [-0.15, -0.1) is 0 Å². The van der Waals surface area contributed by atoms with Crippen molar-refractivity contribution in [2.24, 2.45) is 0 Å². The quantitative estimate of drug-likeness (QED) is 0.108. The van der Waals surface area contributed by atoms with Gasteiger partial charge >= 0.3 is 20.8 Å². The zero-order valence-electron chi connectivity index (χ0n) is 21.9. The summed E-state index contributed by atoms with van der Waals surface area (Å²) in [4.78, 5) is 11.9. The second kappa shape index (κ2) is 14.0. The second-order valence-corrected chi connectivity index (χ2v) is 11.2. The summed E-state index contributed by atoms with van der Waals surface area (Å²) >= 11 is 0. The van der Waals surface area contributed by atoms with Gasteiger partial charge in [0.1, 0.15) is 60.3 Å². The molecule has 0 aromatic heterocycles. The Balaban J connectivity index is 1.86. The van der Waals surface area contributed by atoms with E-state index < -0.39 is 101 Å². The Morgan fingerprint density at radius 2 is 1.48 bits per heavy atom. The molecule has 2 aliphatic heterocycles. The van der Waals surface area contributed by atoms with Crippen molar-refractivity contribution in [3.8, 4) is 11.5 Å². The molecule has 21 heteroatoms. The third-order valence-electron chi connectivity index (χ3n) is 6.08. The van der Waals surface area contributed by atoms with E-state index in [9.17, 15) is 42.1 Å². The number of aliphatic hydroxyl groups excluding tert-OH is 4. The summed E-state index contributed by atoms with van der Waals surface area (Å²) in [7, 11) is -9.00. The van der Waals surface area contributed by atoms with E-state index in [1.54, 1.807) is 12.1 Å². The normalized spacial score (nSPS) is 34.0. The van der Waals surface area contributed by atoms with E-state index >= 15 is 0 Å². The van der Waals surface area contributed by atoms with Gasteiger partial charge in [0.05, 0.1) is 20.3 Å². The van der Waals surface area contributed by atoms with E-state index in [4.69, 9.17) is 32.8 Å². The van der Waals surface area contributed by atoms with Crippen LogP contribution in [0, 0.1) is 0 Å². The van der Waals surface area contributed by atoms with Gasteiger partial charge in [-0.3, -0.25) is 13.9 Å². The van der Waals surface area contributed by atoms with Gasteiger partial charge in [-0.05, 0) is 24.3 Å². The van der Waals surface area contributed by atoms with Crippen molar-refractivity contribution in [2.75, 3.05) is 20.3 Å². The summed E-state index contributed by atoms with van der Waals surface area (Å²) in [5.41, 5.74) is 0. The number of methoxy groups -OCH3 is 1. The third-order valence-corrected chi connectivity index (χ3v) is 6.98. The Hall–Kier alpha value is -2.25. The number of hydrogen-bond donors (Lipinski definition) is 7. The van der Waals surface area contributed by atoms with Crippen LogP contribution in [-0.2, 0) is 48.2 Å². The average molecular weight is 650 g/mol. The molecule has 1 aromatic rings. The van der Waals surface area contributed by atoms with Gasteiger partial charge < -0.3 is 49.4 Å². The number of carbonyl (C=O) groups is 1. The van der Waals surface area contributed by atoms with E-state index in [0.29, 0.717) is 5.75 Å². The highest BCUT2D eigenvalue weighted by Gasteiger charge is 2.53. The summed E-state index contributed by atoms with van der Waals surface area (Å²) in [6, 6.07) is 4.32. The van der Waals surface area contributed by atoms with Crippen molar-refractivity contribution in [3.63, 3.8) is 0 Å². The van der Waals surface area contributed by atoms with Crippen LogP contribution >= 0.6 is 0 Å². The van der Waals surface area contributed by atoms with Gasteiger partial charge in [0.2, 0.25) is 12.2 Å². The lowest BCUT2D eigenvalue weighted by molar-refractivity contribution is -0.335. The van der Waals surface area contributed by atoms with Crippen molar-refractivity contribution in [1.29, 1.82) is 0 Å². The monoisotopic (exact) mass is 649 g/mol. The van der Waals surface area contributed by atoms with Crippen LogP contribution in [0.15, 0.2) is 24.3 Å². The first-order valence-corrected chi connectivity index (χ1v) is 14.7. The van der Waals surface area contributed by atoms with E-state index in [1.165, 1.54) is 19.2 Å². The van der Waals surface area contributed by atoms with Gasteiger partial charge in [-0.1, -0.05) is 0 Å². The molecular formula is C21H31NO18S2. The molecule has 240 valence electrons. The lowest BCUT2D eigenvalue weighted by Gasteiger charge is -2.47. The first-order chi connectivity index (χ1) is 19.5. The van der Waals surface area contributed by atoms with Crippen LogP contribution in [0.4, 0.5) is 0 Å².